The van der Waals surface area contributed by atoms with Crippen LogP contribution in [-0.2, 0) is 0 Å². The Morgan fingerprint density at radius 3 is 1.76 bits per heavy atom. The van der Waals surface area contributed by atoms with Crippen molar-refractivity contribution in [1.29, 1.82) is 0 Å². The number of carbonyl (C=O) groups excluding carboxylic acids is 2. The van der Waals surface area contributed by atoms with Crippen molar-refractivity contribution in [2.75, 3.05) is 0 Å². The molecule has 2 N–H and O–H groups in total. The summed E-state index contributed by atoms with van der Waals surface area (Å²) in [5, 5.41) is 10.5. The number of hydrazine groups is 1. The summed E-state index contributed by atoms with van der Waals surface area (Å²) in [6.07, 6.45) is 0. The first-order valence-electron chi connectivity index (χ1n) is 5.98. The first-order valence-corrected chi connectivity index (χ1v) is 5.98. The van der Waals surface area contributed by atoms with Crippen molar-refractivity contribution in [3.8, 4) is 0 Å². The van der Waals surface area contributed by atoms with Gasteiger partial charge < -0.3 is 0 Å². The fourth-order valence-corrected chi connectivity index (χ4v) is 1.58. The van der Waals surface area contributed by atoms with Crippen molar-refractivity contribution in [3.05, 3.63) is 75.8 Å². The van der Waals surface area contributed by atoms with Crippen LogP contribution in [0.3, 0.4) is 0 Å². The van der Waals surface area contributed by atoms with Crippen LogP contribution in [0.4, 0.5) is 5.69 Å². The number of amides is 2. The van der Waals surface area contributed by atoms with E-state index in [1.807, 2.05) is 0 Å². The van der Waals surface area contributed by atoms with Gasteiger partial charge >= 0.3 is 0 Å². The van der Waals surface area contributed by atoms with Gasteiger partial charge in [-0.25, -0.2) is 0 Å². The maximum Gasteiger partial charge on any atom is 0.269 e. The Morgan fingerprint density at radius 1 is 0.810 bits per heavy atom. The molecular formula is C14H11N3O4. The van der Waals surface area contributed by atoms with Gasteiger partial charge in [0.15, 0.2) is 0 Å². The van der Waals surface area contributed by atoms with Crippen LogP contribution in [0.5, 0.6) is 0 Å². The first kappa shape index (κ1) is 14.2. The van der Waals surface area contributed by atoms with Gasteiger partial charge in [-0.3, -0.25) is 30.6 Å². The van der Waals surface area contributed by atoms with Crippen LogP contribution in [0.15, 0.2) is 54.6 Å². The molecule has 0 saturated carbocycles. The van der Waals surface area contributed by atoms with Crippen LogP contribution in [0.1, 0.15) is 20.7 Å². The molecule has 2 aromatic carbocycles. The molecule has 2 amide bonds. The Labute approximate surface area is 119 Å². The summed E-state index contributed by atoms with van der Waals surface area (Å²) < 4.78 is 0. The van der Waals surface area contributed by atoms with Crippen molar-refractivity contribution in [1.82, 2.24) is 10.9 Å². The quantitative estimate of drug-likeness (QED) is 0.661. The van der Waals surface area contributed by atoms with E-state index < -0.39 is 16.7 Å². The van der Waals surface area contributed by atoms with Crippen molar-refractivity contribution < 1.29 is 14.5 Å². The molecule has 0 aliphatic carbocycles. The molecular weight excluding hydrogens is 274 g/mol. The average molecular weight is 285 g/mol. The third kappa shape index (κ3) is 3.63. The van der Waals surface area contributed by atoms with Gasteiger partial charge in [-0.1, -0.05) is 18.2 Å². The lowest BCUT2D eigenvalue weighted by Crippen LogP contribution is -2.41. The predicted molar refractivity (Wildman–Crippen MR) is 74.5 cm³/mol. The topological polar surface area (TPSA) is 101 Å². The highest BCUT2D eigenvalue weighted by Crippen LogP contribution is 2.11. The van der Waals surface area contributed by atoms with Crippen molar-refractivity contribution in [3.63, 3.8) is 0 Å². The van der Waals surface area contributed by atoms with Crippen molar-refractivity contribution in [2.45, 2.75) is 0 Å². The van der Waals surface area contributed by atoms with Gasteiger partial charge in [0.05, 0.1) is 4.92 Å². The normalized spacial score (nSPS) is 9.71. The number of carbonyl (C=O) groups is 2. The third-order valence-electron chi connectivity index (χ3n) is 2.67. The van der Waals surface area contributed by atoms with Crippen LogP contribution in [0.2, 0.25) is 0 Å². The minimum atomic E-state index is -0.561. The largest absolute Gasteiger partial charge is 0.269 e. The molecule has 2 aromatic rings. The van der Waals surface area contributed by atoms with E-state index in [0.717, 1.165) is 0 Å². The van der Waals surface area contributed by atoms with Gasteiger partial charge in [-0.05, 0) is 24.3 Å². The maximum atomic E-state index is 11.8. The second-order valence-electron chi connectivity index (χ2n) is 4.08. The second-order valence-corrected chi connectivity index (χ2v) is 4.08. The Balaban J connectivity index is 1.96. The molecule has 0 aliphatic rings. The summed E-state index contributed by atoms with van der Waals surface area (Å²) in [6.45, 7) is 0. The molecule has 0 fully saturated rings. The number of benzene rings is 2. The zero-order valence-electron chi connectivity index (χ0n) is 10.8. The van der Waals surface area contributed by atoms with E-state index in [1.54, 1.807) is 30.3 Å². The number of nitrogens with zero attached hydrogens (tertiary/aromatic N) is 1. The van der Waals surface area contributed by atoms with Crippen molar-refractivity contribution >= 4 is 17.5 Å². The number of rotatable bonds is 3. The molecule has 0 spiro atoms. The minimum Gasteiger partial charge on any atom is -0.267 e. The fourth-order valence-electron chi connectivity index (χ4n) is 1.58. The Hall–Kier alpha value is -3.22. The smallest absolute Gasteiger partial charge is 0.267 e. The van der Waals surface area contributed by atoms with E-state index in [1.165, 1.54) is 24.3 Å². The lowest BCUT2D eigenvalue weighted by molar-refractivity contribution is -0.384. The molecule has 0 heterocycles. The molecule has 2 rings (SSSR count). The van der Waals surface area contributed by atoms with Gasteiger partial charge in [0.1, 0.15) is 0 Å². The maximum absolute atomic E-state index is 11.8. The molecule has 0 bridgehead atoms. The summed E-state index contributed by atoms with van der Waals surface area (Å²) in [5.74, 6) is -1.01. The highest BCUT2D eigenvalue weighted by atomic mass is 16.6. The van der Waals surface area contributed by atoms with Crippen LogP contribution < -0.4 is 10.9 Å². The number of non-ortho nitro benzene ring substituents is 1. The molecule has 21 heavy (non-hydrogen) atoms. The predicted octanol–water partition coefficient (Wildman–Crippen LogP) is 1.67. The van der Waals surface area contributed by atoms with E-state index in [-0.39, 0.29) is 11.3 Å². The van der Waals surface area contributed by atoms with E-state index in [0.29, 0.717) is 5.56 Å². The monoisotopic (exact) mass is 285 g/mol. The summed E-state index contributed by atoms with van der Waals surface area (Å²) in [4.78, 5) is 33.4. The van der Waals surface area contributed by atoms with Crippen molar-refractivity contribution in [2.24, 2.45) is 0 Å². The molecule has 7 heteroatoms. The highest BCUT2D eigenvalue weighted by Gasteiger charge is 2.10. The van der Waals surface area contributed by atoms with Crippen LogP contribution >= 0.6 is 0 Å². The molecule has 0 aromatic heterocycles. The van der Waals surface area contributed by atoms with Gasteiger partial charge in [-0.2, -0.15) is 0 Å². The standard InChI is InChI=1S/C14H11N3O4/c18-13(10-4-2-1-3-5-10)15-16-14(19)11-6-8-12(9-7-11)17(20)21/h1-9H,(H,15,18)(H,16,19). The molecule has 106 valence electrons. The van der Waals surface area contributed by atoms with E-state index in [2.05, 4.69) is 10.9 Å². The number of nitrogens with one attached hydrogen (secondary N) is 2. The first-order chi connectivity index (χ1) is 10.1. The number of nitro benzene ring substituents is 1. The SMILES string of the molecule is O=C(NNC(=O)c1ccc([N+](=O)[O-])cc1)c1ccccc1. The lowest BCUT2D eigenvalue weighted by atomic mass is 10.2. The van der Waals surface area contributed by atoms with Crippen LogP contribution in [0, 0.1) is 10.1 Å². The zero-order chi connectivity index (χ0) is 15.2. The third-order valence-corrected chi connectivity index (χ3v) is 2.67. The van der Waals surface area contributed by atoms with Crippen LogP contribution in [-0.4, -0.2) is 16.7 Å². The second kappa shape index (κ2) is 6.29. The van der Waals surface area contributed by atoms with Gasteiger partial charge in [0, 0.05) is 23.3 Å². The zero-order valence-corrected chi connectivity index (χ0v) is 10.8. The van der Waals surface area contributed by atoms with E-state index in [4.69, 9.17) is 0 Å². The Morgan fingerprint density at radius 2 is 1.29 bits per heavy atom. The van der Waals surface area contributed by atoms with E-state index >= 15 is 0 Å². The number of hydrogen-bond acceptors (Lipinski definition) is 4. The summed E-state index contributed by atoms with van der Waals surface area (Å²) in [7, 11) is 0. The van der Waals surface area contributed by atoms with Gasteiger partial charge in [0.2, 0.25) is 0 Å². The number of hydrogen-bond donors (Lipinski definition) is 2. The molecule has 0 atom stereocenters. The Bertz CT molecular complexity index is 668. The summed E-state index contributed by atoms with van der Waals surface area (Å²) in [6, 6.07) is 13.4. The summed E-state index contributed by atoms with van der Waals surface area (Å²) in [5.41, 5.74) is 5.00. The lowest BCUT2D eigenvalue weighted by Gasteiger charge is -2.07. The average Bonchev–Trinajstić information content (AvgIpc) is 2.53. The Kier molecular flexibility index (Phi) is 4.25. The van der Waals surface area contributed by atoms with Gasteiger partial charge in [0.25, 0.3) is 17.5 Å². The molecule has 0 saturated heterocycles. The molecule has 0 aliphatic heterocycles. The molecule has 0 unspecified atom stereocenters. The van der Waals surface area contributed by atoms with E-state index in [9.17, 15) is 19.7 Å². The highest BCUT2D eigenvalue weighted by molar-refractivity contribution is 5.99. The number of nitro groups is 1. The summed E-state index contributed by atoms with van der Waals surface area (Å²) >= 11 is 0. The fraction of sp³-hybridized carbons (Fsp3) is 0. The minimum absolute atomic E-state index is 0.111. The van der Waals surface area contributed by atoms with Gasteiger partial charge in [-0.15, -0.1) is 0 Å². The van der Waals surface area contributed by atoms with Crippen LogP contribution in [0.25, 0.3) is 0 Å². The molecule has 0 radical (unpaired) electrons. The molecule has 7 nitrogen and oxygen atoms in total.